The van der Waals surface area contributed by atoms with Gasteiger partial charge in [0.25, 0.3) is 0 Å². The van der Waals surface area contributed by atoms with Gasteiger partial charge in [-0.25, -0.2) is 14.2 Å². The number of hydrogen-bond acceptors (Lipinski definition) is 5. The summed E-state index contributed by atoms with van der Waals surface area (Å²) in [4.78, 5) is 29.6. The number of para-hydroxylation sites is 1. The highest BCUT2D eigenvalue weighted by molar-refractivity contribution is 8.00. The zero-order chi connectivity index (χ0) is 25.9. The first-order chi connectivity index (χ1) is 17.1. The second kappa shape index (κ2) is 10.2. The van der Waals surface area contributed by atoms with Crippen LogP contribution in [0.15, 0.2) is 82.7 Å². The molecule has 0 spiro atoms. The number of amides is 2. The number of carbonyl (C=O) groups is 1. The molecule has 3 N–H and O–H groups in total. The molecule has 2 amide bonds. The van der Waals surface area contributed by atoms with Crippen molar-refractivity contribution >= 4 is 29.2 Å². The first kappa shape index (κ1) is 24.9. The number of hydrogen-bond donors (Lipinski definition) is 3. The summed E-state index contributed by atoms with van der Waals surface area (Å²) in [5.41, 5.74) is -3.09. The molecule has 12 heteroatoms. The van der Waals surface area contributed by atoms with Gasteiger partial charge in [0.15, 0.2) is 0 Å². The fourth-order valence-electron chi connectivity index (χ4n) is 3.50. The number of imidazole rings is 1. The Morgan fingerprint density at radius 1 is 1.06 bits per heavy atom. The van der Waals surface area contributed by atoms with E-state index in [0.29, 0.717) is 16.9 Å². The second-order valence-corrected chi connectivity index (χ2v) is 8.77. The van der Waals surface area contributed by atoms with E-state index in [2.05, 4.69) is 15.6 Å². The van der Waals surface area contributed by atoms with Gasteiger partial charge in [-0.15, -0.1) is 0 Å². The summed E-state index contributed by atoms with van der Waals surface area (Å²) in [6.07, 6.45) is 2.94. The number of alkyl halides is 3. The van der Waals surface area contributed by atoms with Crippen LogP contribution < -0.4 is 16.3 Å². The molecule has 0 unspecified atom stereocenters. The highest BCUT2D eigenvalue weighted by Crippen LogP contribution is 2.37. The molecule has 4 aromatic rings. The summed E-state index contributed by atoms with van der Waals surface area (Å²) in [6.45, 7) is 1.54. The van der Waals surface area contributed by atoms with Gasteiger partial charge in [-0.05, 0) is 66.7 Å². The van der Waals surface area contributed by atoms with Gasteiger partial charge in [-0.1, -0.05) is 18.2 Å². The van der Waals surface area contributed by atoms with Gasteiger partial charge >= 0.3 is 17.2 Å². The second-order valence-electron chi connectivity index (χ2n) is 7.63. The van der Waals surface area contributed by atoms with Crippen LogP contribution in [0, 0.1) is 6.92 Å². The molecule has 8 nitrogen and oxygen atoms in total. The van der Waals surface area contributed by atoms with E-state index in [-0.39, 0.29) is 40.5 Å². The number of nitrogens with one attached hydrogen (secondary N) is 2. The van der Waals surface area contributed by atoms with Crippen LogP contribution in [0.1, 0.15) is 11.3 Å². The molecule has 0 fully saturated rings. The minimum atomic E-state index is -4.44. The number of nitrogens with zero attached hydrogens (tertiary/aromatic N) is 3. The number of halogens is 3. The van der Waals surface area contributed by atoms with E-state index in [0.717, 1.165) is 4.57 Å². The maximum Gasteiger partial charge on any atom is 0.446 e. The highest BCUT2D eigenvalue weighted by atomic mass is 32.2. The summed E-state index contributed by atoms with van der Waals surface area (Å²) in [5.74, 6) is -0.346. The lowest BCUT2D eigenvalue weighted by molar-refractivity contribution is -0.0328. The minimum absolute atomic E-state index is 0.00327. The molecule has 4 rings (SSSR count). The number of aromatic nitrogens is 3. The molecule has 0 aliphatic heterocycles. The molecule has 0 atom stereocenters. The summed E-state index contributed by atoms with van der Waals surface area (Å²) >= 11 is -0.271. The third-order valence-electron chi connectivity index (χ3n) is 5.21. The third kappa shape index (κ3) is 5.71. The van der Waals surface area contributed by atoms with Gasteiger partial charge in [0.2, 0.25) is 5.88 Å². The van der Waals surface area contributed by atoms with Crippen molar-refractivity contribution in [3.05, 3.63) is 94.8 Å². The monoisotopic (exact) mass is 515 g/mol. The molecular formula is C24H20F3N5O3S. The Morgan fingerprint density at radius 2 is 1.75 bits per heavy atom. The van der Waals surface area contributed by atoms with Crippen molar-refractivity contribution in [2.24, 2.45) is 0 Å². The molecule has 36 heavy (non-hydrogen) atoms. The smallest absolute Gasteiger partial charge is 0.446 e. The maximum atomic E-state index is 13.2. The van der Waals surface area contributed by atoms with Crippen LogP contribution in [0.2, 0.25) is 0 Å². The Labute approximate surface area is 207 Å². The van der Waals surface area contributed by atoms with Crippen LogP contribution >= 0.6 is 11.8 Å². The predicted octanol–water partition coefficient (Wildman–Crippen LogP) is 5.35. The van der Waals surface area contributed by atoms with E-state index in [1.807, 2.05) is 6.07 Å². The Morgan fingerprint density at radius 3 is 2.42 bits per heavy atom. The normalized spacial score (nSPS) is 11.3. The summed E-state index contributed by atoms with van der Waals surface area (Å²) in [5, 5.41) is 16.0. The Hall–Kier alpha value is -4.19. The topological polar surface area (TPSA) is 101 Å². The molecule has 0 saturated heterocycles. The van der Waals surface area contributed by atoms with Crippen LogP contribution in [0.3, 0.4) is 0 Å². The van der Waals surface area contributed by atoms with E-state index in [4.69, 9.17) is 0 Å². The predicted molar refractivity (Wildman–Crippen MR) is 131 cm³/mol. The van der Waals surface area contributed by atoms with Gasteiger partial charge in [-0.3, -0.25) is 9.55 Å². The molecule has 2 aromatic carbocycles. The number of rotatable bonds is 6. The number of aromatic hydroxyl groups is 1. The summed E-state index contributed by atoms with van der Waals surface area (Å²) in [6, 6.07) is 15.1. The fourth-order valence-corrected chi connectivity index (χ4v) is 4.04. The largest absolute Gasteiger partial charge is 0.493 e. The standard InChI is InChI=1S/C24H20F3N5O3S/c1-15-21(33)32(18-7-9-19(10-8-18)36-24(25,26)27)23(35)31(15)14-16-11-12-28-13-20(16)30-22(34)29-17-5-3-2-4-6-17/h2-13,33H,14H2,1H3,(H2,29,30,34). The number of anilines is 2. The average Bonchev–Trinajstić information content (AvgIpc) is 3.03. The van der Waals surface area contributed by atoms with Crippen molar-refractivity contribution in [3.8, 4) is 11.6 Å². The molecular weight excluding hydrogens is 495 g/mol. The van der Waals surface area contributed by atoms with Crippen molar-refractivity contribution < 1.29 is 23.1 Å². The number of carbonyl (C=O) groups excluding carboxylic acids is 1. The van der Waals surface area contributed by atoms with Gasteiger partial charge in [0.05, 0.1) is 29.8 Å². The van der Waals surface area contributed by atoms with Crippen LogP contribution in [-0.2, 0) is 6.54 Å². The first-order valence-corrected chi connectivity index (χ1v) is 11.4. The lowest BCUT2D eigenvalue weighted by atomic mass is 10.2. The lowest BCUT2D eigenvalue weighted by Gasteiger charge is -2.12. The van der Waals surface area contributed by atoms with Crippen molar-refractivity contribution in [2.45, 2.75) is 23.9 Å². The van der Waals surface area contributed by atoms with Crippen LogP contribution in [-0.4, -0.2) is 30.8 Å². The van der Waals surface area contributed by atoms with Gasteiger partial charge < -0.3 is 15.7 Å². The Balaban J connectivity index is 1.58. The number of pyridine rings is 1. The number of urea groups is 1. The van der Waals surface area contributed by atoms with Crippen LogP contribution in [0.25, 0.3) is 5.69 Å². The Kier molecular flexibility index (Phi) is 7.06. The van der Waals surface area contributed by atoms with Crippen molar-refractivity contribution in [1.29, 1.82) is 0 Å². The van der Waals surface area contributed by atoms with E-state index in [9.17, 15) is 27.9 Å². The van der Waals surface area contributed by atoms with Crippen molar-refractivity contribution in [2.75, 3.05) is 10.6 Å². The molecule has 0 aliphatic carbocycles. The van der Waals surface area contributed by atoms with E-state index in [1.165, 1.54) is 48.1 Å². The third-order valence-corrected chi connectivity index (χ3v) is 5.95. The molecule has 0 saturated carbocycles. The first-order valence-electron chi connectivity index (χ1n) is 10.6. The van der Waals surface area contributed by atoms with E-state index in [1.54, 1.807) is 30.3 Å². The molecule has 2 aromatic heterocycles. The SMILES string of the molecule is Cc1c(O)n(-c2ccc(SC(F)(F)F)cc2)c(=O)n1Cc1ccncc1NC(=O)Nc1ccccc1. The van der Waals surface area contributed by atoms with E-state index < -0.39 is 17.2 Å². The van der Waals surface area contributed by atoms with Gasteiger partial charge in [0.1, 0.15) is 0 Å². The van der Waals surface area contributed by atoms with Gasteiger partial charge in [0, 0.05) is 16.8 Å². The maximum absolute atomic E-state index is 13.2. The number of benzene rings is 2. The number of thioether (sulfide) groups is 1. The Bertz CT molecular complexity index is 1430. The van der Waals surface area contributed by atoms with Gasteiger partial charge in [-0.2, -0.15) is 13.2 Å². The minimum Gasteiger partial charge on any atom is -0.493 e. The van der Waals surface area contributed by atoms with E-state index >= 15 is 0 Å². The summed E-state index contributed by atoms with van der Waals surface area (Å²) < 4.78 is 40.1. The molecule has 186 valence electrons. The molecule has 0 radical (unpaired) electrons. The zero-order valence-electron chi connectivity index (χ0n) is 18.8. The van der Waals surface area contributed by atoms with Crippen LogP contribution in [0.4, 0.5) is 29.3 Å². The van der Waals surface area contributed by atoms with Crippen molar-refractivity contribution in [3.63, 3.8) is 0 Å². The zero-order valence-corrected chi connectivity index (χ0v) is 19.6. The quantitative estimate of drug-likeness (QED) is 0.301. The molecule has 0 bridgehead atoms. The fraction of sp³-hybridized carbons (Fsp3) is 0.125. The molecule has 2 heterocycles. The highest BCUT2D eigenvalue weighted by Gasteiger charge is 2.29. The summed E-state index contributed by atoms with van der Waals surface area (Å²) in [7, 11) is 0. The molecule has 0 aliphatic rings. The average molecular weight is 516 g/mol. The lowest BCUT2D eigenvalue weighted by Crippen LogP contribution is -2.25. The van der Waals surface area contributed by atoms with Crippen LogP contribution in [0.5, 0.6) is 5.88 Å². The van der Waals surface area contributed by atoms with Crippen molar-refractivity contribution in [1.82, 2.24) is 14.1 Å².